The van der Waals surface area contributed by atoms with E-state index in [9.17, 15) is 4.79 Å². The second-order valence-electron chi connectivity index (χ2n) is 6.69. The summed E-state index contributed by atoms with van der Waals surface area (Å²) in [7, 11) is 0. The predicted octanol–water partition coefficient (Wildman–Crippen LogP) is 3.72. The molecule has 1 atom stereocenters. The van der Waals surface area contributed by atoms with E-state index in [2.05, 4.69) is 41.5 Å². The van der Waals surface area contributed by atoms with E-state index in [1.807, 2.05) is 49.4 Å². The number of nitrogens with one attached hydrogen (secondary N) is 2. The lowest BCUT2D eigenvalue weighted by Gasteiger charge is -2.44. The molecule has 0 aromatic heterocycles. The van der Waals surface area contributed by atoms with Gasteiger partial charge in [-0.2, -0.15) is 0 Å². The van der Waals surface area contributed by atoms with Crippen LogP contribution >= 0.6 is 0 Å². The van der Waals surface area contributed by atoms with Crippen LogP contribution in [0.15, 0.2) is 54.6 Å². The molecule has 4 nitrogen and oxygen atoms in total. The van der Waals surface area contributed by atoms with Crippen LogP contribution < -0.4 is 15.5 Å². The highest BCUT2D eigenvalue weighted by molar-refractivity contribution is 5.97. The van der Waals surface area contributed by atoms with Crippen LogP contribution in [0, 0.1) is 0 Å². The van der Waals surface area contributed by atoms with Crippen molar-refractivity contribution in [2.24, 2.45) is 0 Å². The van der Waals surface area contributed by atoms with Gasteiger partial charge in [-0.25, -0.2) is 0 Å². The first kappa shape index (κ1) is 15.4. The third-order valence-corrected chi connectivity index (χ3v) is 4.14. The summed E-state index contributed by atoms with van der Waals surface area (Å²) in [5.41, 5.74) is 2.88. The van der Waals surface area contributed by atoms with Crippen LogP contribution in [0.5, 0.6) is 0 Å². The Morgan fingerprint density at radius 2 is 1.78 bits per heavy atom. The van der Waals surface area contributed by atoms with E-state index in [1.54, 1.807) is 0 Å². The van der Waals surface area contributed by atoms with Gasteiger partial charge in [-0.05, 0) is 45.0 Å². The van der Waals surface area contributed by atoms with E-state index in [1.165, 1.54) is 0 Å². The van der Waals surface area contributed by atoms with Crippen molar-refractivity contribution >= 4 is 23.0 Å². The molecule has 4 heteroatoms. The van der Waals surface area contributed by atoms with E-state index in [0.29, 0.717) is 0 Å². The lowest BCUT2D eigenvalue weighted by Crippen LogP contribution is -2.54. The lowest BCUT2D eigenvalue weighted by molar-refractivity contribution is -0.117. The van der Waals surface area contributed by atoms with Crippen molar-refractivity contribution in [3.8, 4) is 0 Å². The summed E-state index contributed by atoms with van der Waals surface area (Å²) in [6.45, 7) is 7.03. The second kappa shape index (κ2) is 5.95. The molecule has 3 rings (SSSR count). The molecular formula is C19H23N3O. The quantitative estimate of drug-likeness (QED) is 0.908. The van der Waals surface area contributed by atoms with E-state index in [0.717, 1.165) is 23.6 Å². The molecule has 120 valence electrons. The first-order valence-corrected chi connectivity index (χ1v) is 7.96. The Kier molecular flexibility index (Phi) is 3.99. The summed E-state index contributed by atoms with van der Waals surface area (Å²) in [5, 5.41) is 6.53. The Labute approximate surface area is 137 Å². The zero-order chi connectivity index (χ0) is 16.4. The van der Waals surface area contributed by atoms with Gasteiger partial charge in [0.05, 0.1) is 11.4 Å². The smallest absolute Gasteiger partial charge is 0.246 e. The van der Waals surface area contributed by atoms with Crippen molar-refractivity contribution in [1.82, 2.24) is 0 Å². The molecule has 0 aliphatic carbocycles. The summed E-state index contributed by atoms with van der Waals surface area (Å²) in [6, 6.07) is 17.5. The fraction of sp³-hybridized carbons (Fsp3) is 0.316. The third-order valence-electron chi connectivity index (χ3n) is 4.14. The fourth-order valence-electron chi connectivity index (χ4n) is 3.00. The van der Waals surface area contributed by atoms with Gasteiger partial charge in [-0.15, -0.1) is 0 Å². The van der Waals surface area contributed by atoms with Crippen molar-refractivity contribution in [3.63, 3.8) is 0 Å². The molecular weight excluding hydrogens is 286 g/mol. The van der Waals surface area contributed by atoms with Gasteiger partial charge in [-0.1, -0.05) is 30.3 Å². The first-order chi connectivity index (χ1) is 11.0. The molecule has 23 heavy (non-hydrogen) atoms. The Morgan fingerprint density at radius 3 is 2.52 bits per heavy atom. The average molecular weight is 309 g/mol. The monoisotopic (exact) mass is 309 g/mol. The molecule has 0 saturated carbocycles. The summed E-state index contributed by atoms with van der Waals surface area (Å²) in [6.07, 6.45) is 0. The molecule has 2 aromatic carbocycles. The van der Waals surface area contributed by atoms with Crippen molar-refractivity contribution in [2.45, 2.75) is 32.4 Å². The largest absolute Gasteiger partial charge is 0.377 e. The van der Waals surface area contributed by atoms with Gasteiger partial charge >= 0.3 is 0 Å². The minimum absolute atomic E-state index is 0.00343. The normalized spacial score (nSPS) is 16.9. The number of anilines is 3. The topological polar surface area (TPSA) is 44.4 Å². The number of fused-ring (bicyclic) bond motifs is 1. The maximum atomic E-state index is 12.7. The molecule has 1 unspecified atom stereocenters. The SMILES string of the molecule is CC(C(=O)Nc1ccccc1)N1CC(C)(C)Nc2ccccc21. The average Bonchev–Trinajstić information content (AvgIpc) is 2.53. The Morgan fingerprint density at radius 1 is 1.13 bits per heavy atom. The molecule has 1 amide bonds. The van der Waals surface area contributed by atoms with Crippen molar-refractivity contribution in [1.29, 1.82) is 0 Å². The van der Waals surface area contributed by atoms with E-state index in [4.69, 9.17) is 0 Å². The third kappa shape index (κ3) is 3.31. The summed E-state index contributed by atoms with van der Waals surface area (Å²) < 4.78 is 0. The van der Waals surface area contributed by atoms with Crippen LogP contribution in [0.2, 0.25) is 0 Å². The van der Waals surface area contributed by atoms with Gasteiger partial charge in [0.1, 0.15) is 6.04 Å². The van der Waals surface area contributed by atoms with E-state index < -0.39 is 0 Å². The molecule has 2 N–H and O–H groups in total. The maximum absolute atomic E-state index is 12.7. The van der Waals surface area contributed by atoms with Crippen molar-refractivity contribution < 1.29 is 4.79 Å². The van der Waals surface area contributed by atoms with Gasteiger partial charge in [-0.3, -0.25) is 4.79 Å². The van der Waals surface area contributed by atoms with Gasteiger partial charge in [0.15, 0.2) is 0 Å². The van der Waals surface area contributed by atoms with Crippen LogP contribution in [0.4, 0.5) is 17.1 Å². The summed E-state index contributed by atoms with van der Waals surface area (Å²) >= 11 is 0. The van der Waals surface area contributed by atoms with Gasteiger partial charge in [0, 0.05) is 17.8 Å². The number of benzene rings is 2. The first-order valence-electron chi connectivity index (χ1n) is 7.96. The number of carbonyl (C=O) groups is 1. The van der Waals surface area contributed by atoms with E-state index in [-0.39, 0.29) is 17.5 Å². The number of amides is 1. The summed E-state index contributed by atoms with van der Waals surface area (Å²) in [5.74, 6) is 0.00343. The van der Waals surface area contributed by atoms with Crippen molar-refractivity contribution in [3.05, 3.63) is 54.6 Å². The highest BCUT2D eigenvalue weighted by atomic mass is 16.2. The standard InChI is InChI=1S/C19H23N3O/c1-14(18(23)20-15-9-5-4-6-10-15)22-13-19(2,3)21-16-11-7-8-12-17(16)22/h4-12,14,21H,13H2,1-3H3,(H,20,23). The number of rotatable bonds is 3. The number of para-hydroxylation sites is 3. The lowest BCUT2D eigenvalue weighted by atomic mass is 9.97. The van der Waals surface area contributed by atoms with Crippen LogP contribution in [0.1, 0.15) is 20.8 Å². The molecule has 0 saturated heterocycles. The number of hydrogen-bond acceptors (Lipinski definition) is 3. The van der Waals surface area contributed by atoms with Gasteiger partial charge < -0.3 is 15.5 Å². The molecule has 2 aromatic rings. The Bertz CT molecular complexity index is 697. The number of carbonyl (C=O) groups excluding carboxylic acids is 1. The molecule has 1 aliphatic rings. The zero-order valence-corrected chi connectivity index (χ0v) is 13.8. The molecule has 0 bridgehead atoms. The number of nitrogens with zero attached hydrogens (tertiary/aromatic N) is 1. The van der Waals surface area contributed by atoms with E-state index >= 15 is 0 Å². The fourth-order valence-corrected chi connectivity index (χ4v) is 3.00. The molecule has 0 spiro atoms. The van der Waals surface area contributed by atoms with Crippen LogP contribution in [-0.4, -0.2) is 24.0 Å². The Balaban J connectivity index is 1.84. The Hall–Kier alpha value is -2.49. The predicted molar refractivity (Wildman–Crippen MR) is 96.0 cm³/mol. The molecule has 0 radical (unpaired) electrons. The van der Waals surface area contributed by atoms with Crippen LogP contribution in [0.3, 0.4) is 0 Å². The van der Waals surface area contributed by atoms with Gasteiger partial charge in [0.2, 0.25) is 5.91 Å². The maximum Gasteiger partial charge on any atom is 0.246 e. The van der Waals surface area contributed by atoms with Crippen molar-refractivity contribution in [2.75, 3.05) is 22.1 Å². The number of hydrogen-bond donors (Lipinski definition) is 2. The summed E-state index contributed by atoms with van der Waals surface area (Å²) in [4.78, 5) is 14.8. The van der Waals surface area contributed by atoms with Gasteiger partial charge in [0.25, 0.3) is 0 Å². The van der Waals surface area contributed by atoms with Crippen LogP contribution in [0.25, 0.3) is 0 Å². The minimum Gasteiger partial charge on any atom is -0.377 e. The second-order valence-corrected chi connectivity index (χ2v) is 6.69. The van der Waals surface area contributed by atoms with Crippen LogP contribution in [-0.2, 0) is 4.79 Å². The zero-order valence-electron chi connectivity index (χ0n) is 13.8. The molecule has 0 fully saturated rings. The highest BCUT2D eigenvalue weighted by Gasteiger charge is 2.33. The minimum atomic E-state index is -0.252. The molecule has 1 aliphatic heterocycles. The highest BCUT2D eigenvalue weighted by Crippen LogP contribution is 2.35. The molecule has 1 heterocycles.